The van der Waals surface area contributed by atoms with Crippen LogP contribution >= 0.6 is 0 Å². The van der Waals surface area contributed by atoms with Gasteiger partial charge >= 0.3 is 5.97 Å². The third kappa shape index (κ3) is 1.73. The third-order valence-corrected chi connectivity index (χ3v) is 2.77. The maximum atomic E-state index is 11.7. The predicted molar refractivity (Wildman–Crippen MR) is 53.7 cm³/mol. The molecule has 2 rings (SSSR count). The second-order valence-electron chi connectivity index (χ2n) is 3.79. The molecule has 1 aromatic heterocycles. The van der Waals surface area contributed by atoms with Crippen LogP contribution in [0.15, 0.2) is 18.6 Å². The van der Waals surface area contributed by atoms with E-state index in [0.29, 0.717) is 12.8 Å². The summed E-state index contributed by atoms with van der Waals surface area (Å²) >= 11 is 0. The van der Waals surface area contributed by atoms with Crippen molar-refractivity contribution in [2.45, 2.75) is 24.8 Å². The van der Waals surface area contributed by atoms with E-state index in [1.54, 1.807) is 0 Å². The zero-order valence-corrected chi connectivity index (χ0v) is 8.51. The first-order valence-electron chi connectivity index (χ1n) is 4.96. The summed E-state index contributed by atoms with van der Waals surface area (Å²) < 4.78 is 0. The van der Waals surface area contributed by atoms with Crippen LogP contribution in [0.5, 0.6) is 0 Å². The second-order valence-corrected chi connectivity index (χ2v) is 3.79. The maximum absolute atomic E-state index is 11.7. The summed E-state index contributed by atoms with van der Waals surface area (Å²) in [4.78, 5) is 30.3. The molecule has 1 aliphatic rings. The number of nitrogens with one attached hydrogen (secondary N) is 1. The van der Waals surface area contributed by atoms with Crippen LogP contribution in [0.4, 0.5) is 0 Å². The molecule has 0 saturated heterocycles. The molecule has 1 saturated carbocycles. The Morgan fingerprint density at radius 2 is 2.12 bits per heavy atom. The minimum Gasteiger partial charge on any atom is -0.480 e. The summed E-state index contributed by atoms with van der Waals surface area (Å²) in [5.41, 5.74) is -0.968. The van der Waals surface area contributed by atoms with Crippen LogP contribution in [0, 0.1) is 0 Å². The average Bonchev–Trinajstić information content (AvgIpc) is 2.24. The van der Waals surface area contributed by atoms with Gasteiger partial charge in [-0.3, -0.25) is 9.78 Å². The number of carboxylic acid groups (broad SMARTS) is 1. The minimum atomic E-state index is -1.10. The smallest absolute Gasteiger partial charge is 0.329 e. The Morgan fingerprint density at radius 1 is 1.38 bits per heavy atom. The Hall–Kier alpha value is -1.98. The van der Waals surface area contributed by atoms with Gasteiger partial charge < -0.3 is 10.4 Å². The number of carboxylic acids is 1. The monoisotopic (exact) mass is 221 g/mol. The fraction of sp³-hybridized carbons (Fsp3) is 0.400. The fourth-order valence-corrected chi connectivity index (χ4v) is 1.62. The van der Waals surface area contributed by atoms with Crippen LogP contribution in [0.1, 0.15) is 29.8 Å². The molecule has 1 aliphatic carbocycles. The molecule has 1 aromatic rings. The molecule has 0 spiro atoms. The van der Waals surface area contributed by atoms with Crippen LogP contribution in [-0.4, -0.2) is 32.5 Å². The van der Waals surface area contributed by atoms with Crippen molar-refractivity contribution in [3.63, 3.8) is 0 Å². The highest BCUT2D eigenvalue weighted by molar-refractivity contribution is 5.96. The van der Waals surface area contributed by atoms with Crippen molar-refractivity contribution in [1.29, 1.82) is 0 Å². The highest BCUT2D eigenvalue weighted by atomic mass is 16.4. The topological polar surface area (TPSA) is 92.2 Å². The third-order valence-electron chi connectivity index (χ3n) is 2.77. The van der Waals surface area contributed by atoms with E-state index in [-0.39, 0.29) is 5.69 Å². The van der Waals surface area contributed by atoms with Crippen LogP contribution in [0.25, 0.3) is 0 Å². The summed E-state index contributed by atoms with van der Waals surface area (Å²) in [5.74, 6) is -1.48. The van der Waals surface area contributed by atoms with E-state index in [2.05, 4.69) is 15.3 Å². The van der Waals surface area contributed by atoms with Crippen molar-refractivity contribution in [3.05, 3.63) is 24.3 Å². The van der Waals surface area contributed by atoms with E-state index < -0.39 is 17.4 Å². The van der Waals surface area contributed by atoms with E-state index >= 15 is 0 Å². The number of carbonyl (C=O) groups is 2. The minimum absolute atomic E-state index is 0.134. The van der Waals surface area contributed by atoms with Crippen molar-refractivity contribution in [2.24, 2.45) is 0 Å². The van der Waals surface area contributed by atoms with Gasteiger partial charge in [0.2, 0.25) is 0 Å². The van der Waals surface area contributed by atoms with Crippen molar-refractivity contribution in [1.82, 2.24) is 15.3 Å². The first-order valence-corrected chi connectivity index (χ1v) is 4.96. The lowest BCUT2D eigenvalue weighted by molar-refractivity contribution is -0.148. The molecule has 0 bridgehead atoms. The summed E-state index contributed by atoms with van der Waals surface area (Å²) in [6.07, 6.45) is 5.90. The van der Waals surface area contributed by atoms with Gasteiger partial charge in [0, 0.05) is 12.4 Å². The Bertz CT molecular complexity index is 415. The summed E-state index contributed by atoms with van der Waals surface area (Å²) in [6, 6.07) is 0. The molecule has 16 heavy (non-hydrogen) atoms. The van der Waals surface area contributed by atoms with Gasteiger partial charge in [0.1, 0.15) is 11.2 Å². The molecule has 1 fully saturated rings. The average molecular weight is 221 g/mol. The zero-order valence-electron chi connectivity index (χ0n) is 8.51. The lowest BCUT2D eigenvalue weighted by Gasteiger charge is -2.37. The fourth-order valence-electron chi connectivity index (χ4n) is 1.62. The number of nitrogens with zero attached hydrogens (tertiary/aromatic N) is 2. The highest BCUT2D eigenvalue weighted by Crippen LogP contribution is 2.32. The first-order chi connectivity index (χ1) is 7.64. The predicted octanol–water partition coefficient (Wildman–Crippen LogP) is 0.214. The number of carbonyl (C=O) groups excluding carboxylic acids is 1. The summed E-state index contributed by atoms with van der Waals surface area (Å²) in [6.45, 7) is 0. The van der Waals surface area contributed by atoms with Crippen molar-refractivity contribution >= 4 is 11.9 Å². The number of amides is 1. The van der Waals surface area contributed by atoms with Crippen LogP contribution in [0.3, 0.4) is 0 Å². The number of aromatic nitrogens is 2. The van der Waals surface area contributed by atoms with Gasteiger partial charge in [-0.1, -0.05) is 0 Å². The number of aliphatic carboxylic acids is 1. The Kier molecular flexibility index (Phi) is 2.55. The van der Waals surface area contributed by atoms with Gasteiger partial charge in [-0.2, -0.15) is 0 Å². The number of hydrogen-bond donors (Lipinski definition) is 2. The molecule has 0 aliphatic heterocycles. The van der Waals surface area contributed by atoms with Gasteiger partial charge in [-0.25, -0.2) is 9.78 Å². The lowest BCUT2D eigenvalue weighted by Crippen LogP contribution is -2.59. The van der Waals surface area contributed by atoms with Crippen molar-refractivity contribution < 1.29 is 14.7 Å². The molecule has 0 unspecified atom stereocenters. The van der Waals surface area contributed by atoms with Gasteiger partial charge in [0.25, 0.3) is 5.91 Å². The van der Waals surface area contributed by atoms with Crippen LogP contribution in [-0.2, 0) is 4.79 Å². The van der Waals surface area contributed by atoms with Crippen LogP contribution < -0.4 is 5.32 Å². The molecule has 2 N–H and O–H groups in total. The molecule has 6 heteroatoms. The number of rotatable bonds is 3. The van der Waals surface area contributed by atoms with Gasteiger partial charge in [0.05, 0.1) is 6.20 Å². The van der Waals surface area contributed by atoms with E-state index in [1.807, 2.05) is 0 Å². The maximum Gasteiger partial charge on any atom is 0.329 e. The molecule has 1 heterocycles. The molecule has 0 atom stereocenters. The summed E-state index contributed by atoms with van der Waals surface area (Å²) in [5, 5.41) is 11.5. The molecule has 1 amide bonds. The van der Waals surface area contributed by atoms with Crippen molar-refractivity contribution in [3.8, 4) is 0 Å². The Balaban J connectivity index is 2.10. The highest BCUT2D eigenvalue weighted by Gasteiger charge is 2.45. The van der Waals surface area contributed by atoms with Gasteiger partial charge in [0.15, 0.2) is 0 Å². The molecular formula is C10H11N3O3. The molecular weight excluding hydrogens is 210 g/mol. The first kappa shape index (κ1) is 10.5. The number of hydrogen-bond acceptors (Lipinski definition) is 4. The summed E-state index contributed by atoms with van der Waals surface area (Å²) in [7, 11) is 0. The Labute approximate surface area is 91.7 Å². The van der Waals surface area contributed by atoms with E-state index in [1.165, 1.54) is 18.6 Å². The van der Waals surface area contributed by atoms with Crippen molar-refractivity contribution in [2.75, 3.05) is 0 Å². The van der Waals surface area contributed by atoms with Gasteiger partial charge in [-0.05, 0) is 19.3 Å². The zero-order chi connectivity index (χ0) is 11.6. The largest absolute Gasteiger partial charge is 0.480 e. The lowest BCUT2D eigenvalue weighted by atomic mass is 9.76. The molecule has 84 valence electrons. The van der Waals surface area contributed by atoms with E-state index in [4.69, 9.17) is 5.11 Å². The van der Waals surface area contributed by atoms with Gasteiger partial charge in [-0.15, -0.1) is 0 Å². The van der Waals surface area contributed by atoms with E-state index in [0.717, 1.165) is 6.42 Å². The standard InChI is InChI=1S/C10H11N3O3/c14-8(7-6-11-4-5-12-7)13-10(9(15)16)2-1-3-10/h4-6H,1-3H2,(H,13,14)(H,15,16). The van der Waals surface area contributed by atoms with Crippen LogP contribution in [0.2, 0.25) is 0 Å². The SMILES string of the molecule is O=C(NC1(C(=O)O)CCC1)c1cnccn1. The molecule has 0 aromatic carbocycles. The second kappa shape index (κ2) is 3.88. The van der Waals surface area contributed by atoms with E-state index in [9.17, 15) is 9.59 Å². The Morgan fingerprint density at radius 3 is 2.56 bits per heavy atom. The quantitative estimate of drug-likeness (QED) is 0.761. The normalized spacial score (nSPS) is 17.2. The molecule has 0 radical (unpaired) electrons. The molecule has 6 nitrogen and oxygen atoms in total.